The van der Waals surface area contributed by atoms with Crippen molar-refractivity contribution in [2.75, 3.05) is 13.2 Å². The van der Waals surface area contributed by atoms with Gasteiger partial charge in [-0.1, -0.05) is 62.4 Å². The molecular formula is C24H28N2O5. The van der Waals surface area contributed by atoms with Gasteiger partial charge in [0.2, 0.25) is 5.91 Å². The summed E-state index contributed by atoms with van der Waals surface area (Å²) in [6.45, 7) is 3.79. The lowest BCUT2D eigenvalue weighted by molar-refractivity contribution is -0.137. The number of hydrogen-bond acceptors (Lipinski definition) is 4. The summed E-state index contributed by atoms with van der Waals surface area (Å²) in [4.78, 5) is 35.3. The highest BCUT2D eigenvalue weighted by atomic mass is 16.5. The molecule has 2 atom stereocenters. The minimum atomic E-state index is -0.962. The van der Waals surface area contributed by atoms with E-state index in [1.54, 1.807) is 6.92 Å². The molecule has 0 radical (unpaired) electrons. The predicted octanol–water partition coefficient (Wildman–Crippen LogP) is 3.53. The van der Waals surface area contributed by atoms with E-state index in [4.69, 9.17) is 9.84 Å². The Labute approximate surface area is 181 Å². The molecule has 0 saturated heterocycles. The maximum atomic E-state index is 12.3. The predicted molar refractivity (Wildman–Crippen MR) is 117 cm³/mol. The molecule has 1 aliphatic carbocycles. The molecule has 31 heavy (non-hydrogen) atoms. The van der Waals surface area contributed by atoms with Crippen LogP contribution in [0.1, 0.15) is 43.7 Å². The molecular weight excluding hydrogens is 396 g/mol. The number of alkyl carbamates (subject to hydrolysis) is 1. The van der Waals surface area contributed by atoms with Crippen LogP contribution in [0, 0.1) is 5.92 Å². The molecule has 0 aromatic heterocycles. The molecule has 2 aromatic carbocycles. The summed E-state index contributed by atoms with van der Waals surface area (Å²) in [5.74, 6) is -1.80. The first-order valence-corrected chi connectivity index (χ1v) is 10.5. The number of benzene rings is 2. The van der Waals surface area contributed by atoms with Gasteiger partial charge in [-0.3, -0.25) is 9.59 Å². The van der Waals surface area contributed by atoms with Gasteiger partial charge in [-0.25, -0.2) is 4.79 Å². The van der Waals surface area contributed by atoms with E-state index in [-0.39, 0.29) is 31.4 Å². The second-order valence-electron chi connectivity index (χ2n) is 7.82. The van der Waals surface area contributed by atoms with E-state index in [9.17, 15) is 14.4 Å². The molecule has 0 saturated carbocycles. The van der Waals surface area contributed by atoms with Gasteiger partial charge >= 0.3 is 12.1 Å². The van der Waals surface area contributed by atoms with Gasteiger partial charge in [0.1, 0.15) is 6.61 Å². The number of carboxylic acid groups (broad SMARTS) is 1. The molecule has 0 fully saturated rings. The maximum absolute atomic E-state index is 12.3. The quantitative estimate of drug-likeness (QED) is 0.571. The topological polar surface area (TPSA) is 105 Å². The van der Waals surface area contributed by atoms with Gasteiger partial charge in [0.25, 0.3) is 0 Å². The van der Waals surface area contributed by atoms with Gasteiger partial charge in [0, 0.05) is 18.5 Å². The van der Waals surface area contributed by atoms with E-state index in [0.29, 0.717) is 6.42 Å². The highest BCUT2D eigenvalue weighted by molar-refractivity contribution is 5.81. The van der Waals surface area contributed by atoms with Crippen LogP contribution in [0.3, 0.4) is 0 Å². The molecule has 0 spiro atoms. The van der Waals surface area contributed by atoms with Gasteiger partial charge < -0.3 is 20.5 Å². The smallest absolute Gasteiger partial charge is 0.407 e. The van der Waals surface area contributed by atoms with Gasteiger partial charge in [-0.15, -0.1) is 0 Å². The Morgan fingerprint density at radius 2 is 1.61 bits per heavy atom. The Balaban J connectivity index is 1.51. The number of carbonyl (C=O) groups is 3. The molecule has 0 heterocycles. The summed E-state index contributed by atoms with van der Waals surface area (Å²) in [5, 5.41) is 14.2. The SMILES string of the molecule is CC[C@@H](CC(=O)O)NC(=O)C(C)CNC(=O)OCC1c2ccccc2-c2ccccc21. The number of carboxylic acids is 1. The summed E-state index contributed by atoms with van der Waals surface area (Å²) in [5.41, 5.74) is 4.58. The summed E-state index contributed by atoms with van der Waals surface area (Å²) < 4.78 is 5.47. The van der Waals surface area contributed by atoms with Crippen molar-refractivity contribution in [2.45, 2.75) is 38.6 Å². The molecule has 7 nitrogen and oxygen atoms in total. The average Bonchev–Trinajstić information content (AvgIpc) is 3.09. The number of fused-ring (bicyclic) bond motifs is 3. The van der Waals surface area contributed by atoms with Crippen molar-refractivity contribution in [3.63, 3.8) is 0 Å². The number of amides is 2. The van der Waals surface area contributed by atoms with Crippen LogP contribution >= 0.6 is 0 Å². The summed E-state index contributed by atoms with van der Waals surface area (Å²) in [6.07, 6.45) is -0.196. The lowest BCUT2D eigenvalue weighted by atomic mass is 9.98. The minimum Gasteiger partial charge on any atom is -0.481 e. The zero-order valence-corrected chi connectivity index (χ0v) is 17.8. The van der Waals surface area contributed by atoms with E-state index in [2.05, 4.69) is 34.9 Å². The summed E-state index contributed by atoms with van der Waals surface area (Å²) >= 11 is 0. The van der Waals surface area contributed by atoms with Crippen molar-refractivity contribution in [2.24, 2.45) is 5.92 Å². The van der Waals surface area contributed by atoms with Crippen LogP contribution in [0.4, 0.5) is 4.79 Å². The molecule has 1 unspecified atom stereocenters. The average molecular weight is 424 g/mol. The van der Waals surface area contributed by atoms with E-state index < -0.39 is 24.0 Å². The number of hydrogen-bond donors (Lipinski definition) is 3. The fourth-order valence-corrected chi connectivity index (χ4v) is 3.83. The van der Waals surface area contributed by atoms with E-state index in [1.165, 1.54) is 0 Å². The van der Waals surface area contributed by atoms with Crippen LogP contribution < -0.4 is 10.6 Å². The normalized spacial score (nSPS) is 14.1. The van der Waals surface area contributed by atoms with Crippen LogP contribution in [0.5, 0.6) is 0 Å². The van der Waals surface area contributed by atoms with Gasteiger partial charge in [-0.2, -0.15) is 0 Å². The van der Waals surface area contributed by atoms with Crippen LogP contribution in [0.25, 0.3) is 11.1 Å². The third-order valence-corrected chi connectivity index (χ3v) is 5.60. The Morgan fingerprint density at radius 3 is 2.16 bits per heavy atom. The van der Waals surface area contributed by atoms with Crippen molar-refractivity contribution in [1.82, 2.24) is 10.6 Å². The van der Waals surface area contributed by atoms with Crippen molar-refractivity contribution in [3.05, 3.63) is 59.7 Å². The highest BCUT2D eigenvalue weighted by Gasteiger charge is 2.29. The largest absolute Gasteiger partial charge is 0.481 e. The van der Waals surface area contributed by atoms with Crippen molar-refractivity contribution >= 4 is 18.0 Å². The maximum Gasteiger partial charge on any atom is 0.407 e. The lowest BCUT2D eigenvalue weighted by Gasteiger charge is -2.19. The molecule has 164 valence electrons. The number of ether oxygens (including phenoxy) is 1. The second kappa shape index (κ2) is 10.1. The van der Waals surface area contributed by atoms with Crippen molar-refractivity contribution in [3.8, 4) is 11.1 Å². The highest BCUT2D eigenvalue weighted by Crippen LogP contribution is 2.44. The van der Waals surface area contributed by atoms with Gasteiger partial charge in [0.05, 0.1) is 12.3 Å². The monoisotopic (exact) mass is 424 g/mol. The Bertz CT molecular complexity index is 913. The van der Waals surface area contributed by atoms with E-state index in [1.807, 2.05) is 31.2 Å². The molecule has 2 aromatic rings. The summed E-state index contributed by atoms with van der Waals surface area (Å²) in [7, 11) is 0. The number of nitrogens with one attached hydrogen (secondary N) is 2. The first-order chi connectivity index (χ1) is 14.9. The Kier molecular flexibility index (Phi) is 7.28. The fraction of sp³-hybridized carbons (Fsp3) is 0.375. The zero-order valence-electron chi connectivity index (χ0n) is 17.8. The molecule has 7 heteroatoms. The molecule has 0 aliphatic heterocycles. The molecule has 2 amide bonds. The number of aliphatic carboxylic acids is 1. The molecule has 0 bridgehead atoms. The standard InChI is InChI=1S/C24H28N2O5/c1-3-16(12-22(27)28)26-23(29)15(2)13-25-24(30)31-14-21-19-10-6-4-8-17(19)18-9-5-7-11-20(18)21/h4-11,15-16,21H,3,12-14H2,1-2H3,(H,25,30)(H,26,29)(H,27,28)/t15?,16-/m0/s1. The first-order valence-electron chi connectivity index (χ1n) is 10.5. The lowest BCUT2D eigenvalue weighted by Crippen LogP contribution is -2.42. The summed E-state index contributed by atoms with van der Waals surface area (Å²) in [6, 6.07) is 15.8. The third-order valence-electron chi connectivity index (χ3n) is 5.60. The van der Waals surface area contributed by atoms with Gasteiger partial charge in [0.15, 0.2) is 0 Å². The van der Waals surface area contributed by atoms with E-state index in [0.717, 1.165) is 22.3 Å². The number of carbonyl (C=O) groups excluding carboxylic acids is 2. The minimum absolute atomic E-state index is 0.0276. The third kappa shape index (κ3) is 5.42. The van der Waals surface area contributed by atoms with Crippen LogP contribution in [-0.4, -0.2) is 42.3 Å². The van der Waals surface area contributed by atoms with Crippen LogP contribution in [0.15, 0.2) is 48.5 Å². The van der Waals surface area contributed by atoms with Crippen LogP contribution in [-0.2, 0) is 14.3 Å². The zero-order chi connectivity index (χ0) is 22.4. The van der Waals surface area contributed by atoms with Crippen molar-refractivity contribution in [1.29, 1.82) is 0 Å². The second-order valence-corrected chi connectivity index (χ2v) is 7.82. The van der Waals surface area contributed by atoms with Crippen LogP contribution in [0.2, 0.25) is 0 Å². The van der Waals surface area contributed by atoms with E-state index >= 15 is 0 Å². The molecule has 3 N–H and O–H groups in total. The Morgan fingerprint density at radius 1 is 1.03 bits per heavy atom. The fourth-order valence-electron chi connectivity index (χ4n) is 3.83. The first kappa shape index (κ1) is 22.3. The molecule has 3 rings (SSSR count). The van der Waals surface area contributed by atoms with Gasteiger partial charge in [-0.05, 0) is 28.7 Å². The number of rotatable bonds is 9. The Hall–Kier alpha value is -3.35. The molecule has 1 aliphatic rings. The van der Waals surface area contributed by atoms with Crippen molar-refractivity contribution < 1.29 is 24.2 Å².